The number of carbonyl (C=O) groups is 2. The molecule has 1 aromatic rings. The standard InChI is InChI=1S/C15H20N2O2S/c1-16(10-11-17-9-5-8-14(17)18)15(19)12-20-13-6-3-2-4-7-13/h2-4,6-7H,5,8-12H2,1H3. The van der Waals surface area contributed by atoms with Crippen molar-refractivity contribution in [2.75, 3.05) is 32.4 Å². The van der Waals surface area contributed by atoms with Gasteiger partial charge in [-0.15, -0.1) is 11.8 Å². The van der Waals surface area contributed by atoms with Crippen LogP contribution in [0.1, 0.15) is 12.8 Å². The van der Waals surface area contributed by atoms with Gasteiger partial charge >= 0.3 is 0 Å². The zero-order valence-corrected chi connectivity index (χ0v) is 12.6. The number of hydrogen-bond acceptors (Lipinski definition) is 3. The Labute approximate surface area is 124 Å². The summed E-state index contributed by atoms with van der Waals surface area (Å²) in [6.07, 6.45) is 1.60. The van der Waals surface area contributed by atoms with Gasteiger partial charge in [0.1, 0.15) is 0 Å². The van der Waals surface area contributed by atoms with Gasteiger partial charge in [-0.1, -0.05) is 18.2 Å². The number of rotatable bonds is 6. The molecule has 0 unspecified atom stereocenters. The Kier molecular flexibility index (Phi) is 5.47. The smallest absolute Gasteiger partial charge is 0.232 e. The zero-order chi connectivity index (χ0) is 14.4. The third-order valence-electron chi connectivity index (χ3n) is 3.41. The Morgan fingerprint density at radius 3 is 2.75 bits per heavy atom. The van der Waals surface area contributed by atoms with Crippen LogP contribution in [0.2, 0.25) is 0 Å². The van der Waals surface area contributed by atoms with E-state index in [0.29, 0.717) is 25.3 Å². The number of thioether (sulfide) groups is 1. The second-order valence-electron chi connectivity index (χ2n) is 4.90. The predicted octanol–water partition coefficient (Wildman–Crippen LogP) is 1.86. The highest BCUT2D eigenvalue weighted by Crippen LogP contribution is 2.17. The van der Waals surface area contributed by atoms with Gasteiger partial charge in [-0.05, 0) is 18.6 Å². The van der Waals surface area contributed by atoms with Crippen molar-refractivity contribution in [3.05, 3.63) is 30.3 Å². The van der Waals surface area contributed by atoms with E-state index in [-0.39, 0.29) is 11.8 Å². The van der Waals surface area contributed by atoms with Crippen molar-refractivity contribution in [1.29, 1.82) is 0 Å². The quantitative estimate of drug-likeness (QED) is 0.752. The van der Waals surface area contributed by atoms with Crippen LogP contribution < -0.4 is 0 Å². The van der Waals surface area contributed by atoms with Crippen LogP contribution in [0.5, 0.6) is 0 Å². The lowest BCUT2D eigenvalue weighted by molar-refractivity contribution is -0.130. The lowest BCUT2D eigenvalue weighted by atomic mass is 10.4. The summed E-state index contributed by atoms with van der Waals surface area (Å²) in [7, 11) is 1.80. The molecule has 2 amide bonds. The average Bonchev–Trinajstić information content (AvgIpc) is 2.88. The average molecular weight is 292 g/mol. The van der Waals surface area contributed by atoms with E-state index in [1.54, 1.807) is 23.7 Å². The third kappa shape index (κ3) is 4.27. The van der Waals surface area contributed by atoms with Gasteiger partial charge in [-0.2, -0.15) is 0 Å². The van der Waals surface area contributed by atoms with Crippen molar-refractivity contribution in [3.63, 3.8) is 0 Å². The van der Waals surface area contributed by atoms with Gasteiger partial charge in [0.25, 0.3) is 0 Å². The molecule has 0 spiro atoms. The first kappa shape index (κ1) is 14.9. The Balaban J connectivity index is 1.70. The largest absolute Gasteiger partial charge is 0.343 e. The molecule has 2 rings (SSSR count). The molecule has 0 N–H and O–H groups in total. The first-order valence-corrected chi connectivity index (χ1v) is 7.85. The molecule has 108 valence electrons. The summed E-state index contributed by atoms with van der Waals surface area (Å²) in [4.78, 5) is 28.1. The minimum atomic E-state index is 0.102. The number of likely N-dealkylation sites (tertiary alicyclic amines) is 1. The molecule has 0 radical (unpaired) electrons. The van der Waals surface area contributed by atoms with E-state index in [1.165, 1.54) is 0 Å². The number of carbonyl (C=O) groups excluding carboxylic acids is 2. The summed E-state index contributed by atoms with van der Waals surface area (Å²) in [5.41, 5.74) is 0. The summed E-state index contributed by atoms with van der Waals surface area (Å²) in [6, 6.07) is 9.90. The lowest BCUT2D eigenvalue weighted by Crippen LogP contribution is -2.37. The molecule has 0 atom stereocenters. The van der Waals surface area contributed by atoms with Gasteiger partial charge < -0.3 is 9.80 Å². The third-order valence-corrected chi connectivity index (χ3v) is 4.40. The number of hydrogen-bond donors (Lipinski definition) is 0. The van der Waals surface area contributed by atoms with Crippen molar-refractivity contribution in [3.8, 4) is 0 Å². The van der Waals surface area contributed by atoms with E-state index in [9.17, 15) is 9.59 Å². The van der Waals surface area contributed by atoms with Gasteiger partial charge in [-0.3, -0.25) is 9.59 Å². The Bertz CT molecular complexity index is 464. The maximum atomic E-state index is 12.0. The summed E-state index contributed by atoms with van der Waals surface area (Å²) in [6.45, 7) is 2.09. The van der Waals surface area contributed by atoms with Gasteiger partial charge in [0.2, 0.25) is 11.8 Å². The molecule has 1 aromatic carbocycles. The first-order chi connectivity index (χ1) is 9.66. The zero-order valence-electron chi connectivity index (χ0n) is 11.7. The minimum Gasteiger partial charge on any atom is -0.343 e. The molecule has 1 aliphatic heterocycles. The van der Waals surface area contributed by atoms with Crippen LogP contribution in [-0.2, 0) is 9.59 Å². The molecular formula is C15H20N2O2S. The van der Waals surface area contributed by atoms with Gasteiger partial charge in [0.15, 0.2) is 0 Å². The SMILES string of the molecule is CN(CCN1CCCC1=O)C(=O)CSc1ccccc1. The molecule has 0 aliphatic carbocycles. The van der Waals surface area contributed by atoms with Crippen LogP contribution in [0.4, 0.5) is 0 Å². The van der Waals surface area contributed by atoms with Gasteiger partial charge in [0, 0.05) is 38.0 Å². The maximum absolute atomic E-state index is 12.0. The van der Waals surface area contributed by atoms with Crippen LogP contribution in [0.25, 0.3) is 0 Å². The Hall–Kier alpha value is -1.49. The fourth-order valence-corrected chi connectivity index (χ4v) is 2.97. The molecule has 20 heavy (non-hydrogen) atoms. The summed E-state index contributed by atoms with van der Waals surface area (Å²) >= 11 is 1.54. The van der Waals surface area contributed by atoms with Crippen LogP contribution in [0.3, 0.4) is 0 Å². The Morgan fingerprint density at radius 2 is 2.10 bits per heavy atom. The number of benzene rings is 1. The molecule has 1 heterocycles. The van der Waals surface area contributed by atoms with Crippen molar-refractivity contribution in [2.24, 2.45) is 0 Å². The number of amides is 2. The highest BCUT2D eigenvalue weighted by atomic mass is 32.2. The van der Waals surface area contributed by atoms with E-state index < -0.39 is 0 Å². The summed E-state index contributed by atoms with van der Waals surface area (Å²) < 4.78 is 0. The van der Waals surface area contributed by atoms with E-state index >= 15 is 0 Å². The molecule has 1 aliphatic rings. The molecule has 0 saturated carbocycles. The molecule has 0 bridgehead atoms. The number of nitrogens with zero attached hydrogens (tertiary/aromatic N) is 2. The normalized spacial score (nSPS) is 14.7. The molecule has 0 aromatic heterocycles. The fraction of sp³-hybridized carbons (Fsp3) is 0.467. The molecule has 1 saturated heterocycles. The van der Waals surface area contributed by atoms with Crippen LogP contribution in [-0.4, -0.2) is 54.0 Å². The monoisotopic (exact) mass is 292 g/mol. The first-order valence-electron chi connectivity index (χ1n) is 6.86. The van der Waals surface area contributed by atoms with E-state index in [1.807, 2.05) is 35.2 Å². The molecule has 4 nitrogen and oxygen atoms in total. The summed E-state index contributed by atoms with van der Waals surface area (Å²) in [5, 5.41) is 0. The number of likely N-dealkylation sites (N-methyl/N-ethyl adjacent to an activating group) is 1. The molecular weight excluding hydrogens is 272 g/mol. The van der Waals surface area contributed by atoms with E-state index in [0.717, 1.165) is 17.9 Å². The topological polar surface area (TPSA) is 40.6 Å². The van der Waals surface area contributed by atoms with Gasteiger partial charge in [-0.25, -0.2) is 0 Å². The maximum Gasteiger partial charge on any atom is 0.232 e. The molecule has 1 fully saturated rings. The van der Waals surface area contributed by atoms with E-state index in [2.05, 4.69) is 0 Å². The van der Waals surface area contributed by atoms with Gasteiger partial charge in [0.05, 0.1) is 5.75 Å². The van der Waals surface area contributed by atoms with Crippen molar-refractivity contribution >= 4 is 23.6 Å². The van der Waals surface area contributed by atoms with Crippen molar-refractivity contribution < 1.29 is 9.59 Å². The van der Waals surface area contributed by atoms with Crippen LogP contribution >= 0.6 is 11.8 Å². The second kappa shape index (κ2) is 7.33. The van der Waals surface area contributed by atoms with Crippen LogP contribution in [0, 0.1) is 0 Å². The fourth-order valence-electron chi connectivity index (χ4n) is 2.11. The minimum absolute atomic E-state index is 0.102. The van der Waals surface area contributed by atoms with Crippen LogP contribution in [0.15, 0.2) is 35.2 Å². The van der Waals surface area contributed by atoms with Crippen molar-refractivity contribution in [2.45, 2.75) is 17.7 Å². The van der Waals surface area contributed by atoms with Crippen molar-refractivity contribution in [1.82, 2.24) is 9.80 Å². The summed E-state index contributed by atoms with van der Waals surface area (Å²) in [5.74, 6) is 0.754. The lowest BCUT2D eigenvalue weighted by Gasteiger charge is -2.21. The van der Waals surface area contributed by atoms with E-state index in [4.69, 9.17) is 0 Å². The second-order valence-corrected chi connectivity index (χ2v) is 5.95. The highest BCUT2D eigenvalue weighted by Gasteiger charge is 2.20. The Morgan fingerprint density at radius 1 is 1.35 bits per heavy atom. The molecule has 5 heteroatoms. The highest BCUT2D eigenvalue weighted by molar-refractivity contribution is 8.00. The predicted molar refractivity (Wildman–Crippen MR) is 80.6 cm³/mol.